The van der Waals surface area contributed by atoms with E-state index < -0.39 is 22.9 Å². The van der Waals surface area contributed by atoms with Gasteiger partial charge in [0.25, 0.3) is 6.43 Å². The fourth-order valence-electron chi connectivity index (χ4n) is 2.85. The number of benzene rings is 2. The van der Waals surface area contributed by atoms with Crippen molar-refractivity contribution < 1.29 is 22.3 Å². The molecule has 3 rings (SSSR count). The van der Waals surface area contributed by atoms with Crippen molar-refractivity contribution in [3.8, 4) is 16.9 Å². The molecule has 0 amide bonds. The third kappa shape index (κ3) is 4.11. The molecule has 0 aliphatic carbocycles. The van der Waals surface area contributed by atoms with Gasteiger partial charge in [0.2, 0.25) is 0 Å². The van der Waals surface area contributed by atoms with Gasteiger partial charge in [-0.2, -0.15) is 5.10 Å². The molecule has 0 atom stereocenters. The molecule has 0 saturated heterocycles. The molecule has 9 heteroatoms. The monoisotopic (exact) mass is 424 g/mol. The molecule has 0 unspecified atom stereocenters. The van der Waals surface area contributed by atoms with Crippen molar-refractivity contribution in [3.63, 3.8) is 0 Å². The molecule has 28 heavy (non-hydrogen) atoms. The van der Waals surface area contributed by atoms with E-state index in [1.807, 2.05) is 30.5 Å². The van der Waals surface area contributed by atoms with Crippen LogP contribution in [0.1, 0.15) is 17.7 Å². The highest BCUT2D eigenvalue weighted by Crippen LogP contribution is 2.30. The second-order valence-electron chi connectivity index (χ2n) is 6.12. The Balaban J connectivity index is 2.18. The third-order valence-corrected chi connectivity index (χ3v) is 6.14. The Bertz CT molecular complexity index is 1090. The summed E-state index contributed by atoms with van der Waals surface area (Å²) in [6.45, 7) is -0.503. The van der Waals surface area contributed by atoms with Crippen LogP contribution in [0.4, 0.5) is 8.78 Å². The molecule has 1 N–H and O–H groups in total. The van der Waals surface area contributed by atoms with Gasteiger partial charge in [-0.25, -0.2) is 21.9 Å². The van der Waals surface area contributed by atoms with E-state index in [1.165, 1.54) is 28.9 Å². The van der Waals surface area contributed by atoms with Gasteiger partial charge in [-0.3, -0.25) is 0 Å². The largest absolute Gasteiger partial charge is 0.392 e. The van der Waals surface area contributed by atoms with Crippen molar-refractivity contribution in [2.45, 2.75) is 22.8 Å². The fourth-order valence-corrected chi connectivity index (χ4v) is 4.18. The summed E-state index contributed by atoms with van der Waals surface area (Å²) in [7, 11) is -3.53. The molecule has 0 bridgehead atoms. The first-order valence-corrected chi connectivity index (χ1v) is 11.3. The van der Waals surface area contributed by atoms with Gasteiger partial charge in [0.05, 0.1) is 22.9 Å². The molecule has 1 heterocycles. The molecule has 0 aliphatic rings. The lowest BCUT2D eigenvalue weighted by atomic mass is 10.1. The second kappa shape index (κ2) is 8.02. The summed E-state index contributed by atoms with van der Waals surface area (Å²) < 4.78 is 51.6. The topological polar surface area (TPSA) is 72.2 Å². The van der Waals surface area contributed by atoms with Crippen LogP contribution in [0, 0.1) is 0 Å². The molecule has 5 nitrogen and oxygen atoms in total. The van der Waals surface area contributed by atoms with Gasteiger partial charge in [-0.05, 0) is 48.2 Å². The first-order chi connectivity index (χ1) is 13.2. The number of halogens is 2. The number of hydrogen-bond acceptors (Lipinski definition) is 5. The Labute approximate surface area is 165 Å². The molecule has 0 spiro atoms. The smallest absolute Gasteiger partial charge is 0.282 e. The maximum Gasteiger partial charge on any atom is 0.282 e. The molecule has 1 aromatic heterocycles. The van der Waals surface area contributed by atoms with Gasteiger partial charge in [0, 0.05) is 16.7 Å². The summed E-state index contributed by atoms with van der Waals surface area (Å²) in [4.78, 5) is 1.02. The highest BCUT2D eigenvalue weighted by Gasteiger charge is 2.20. The summed E-state index contributed by atoms with van der Waals surface area (Å²) in [6.07, 6.45) is 0.231. The SMILES string of the molecule is CSc1ccc(-c2cc(C(F)F)nn2-c2ccc(S(C)(=O)=O)c(CO)c2)cc1. The highest BCUT2D eigenvalue weighted by atomic mass is 32.2. The third-order valence-electron chi connectivity index (χ3n) is 4.20. The molecular weight excluding hydrogens is 406 g/mol. The van der Waals surface area contributed by atoms with E-state index in [9.17, 15) is 22.3 Å². The summed E-state index contributed by atoms with van der Waals surface area (Å²) >= 11 is 1.57. The number of nitrogens with zero attached hydrogens (tertiary/aromatic N) is 2. The van der Waals surface area contributed by atoms with Gasteiger partial charge >= 0.3 is 0 Å². The summed E-state index contributed by atoms with van der Waals surface area (Å²) in [5, 5.41) is 13.6. The van der Waals surface area contributed by atoms with Crippen LogP contribution in [0.25, 0.3) is 16.9 Å². The maximum atomic E-state index is 13.3. The Kier molecular flexibility index (Phi) is 5.87. The van der Waals surface area contributed by atoms with Crippen LogP contribution in [0.5, 0.6) is 0 Å². The minimum atomic E-state index is -3.53. The first kappa shape index (κ1) is 20.5. The van der Waals surface area contributed by atoms with Crippen molar-refractivity contribution in [2.24, 2.45) is 0 Å². The zero-order valence-electron chi connectivity index (χ0n) is 15.1. The number of aliphatic hydroxyl groups excluding tert-OH is 1. The summed E-state index contributed by atoms with van der Waals surface area (Å²) in [6, 6.07) is 13.0. The number of aliphatic hydroxyl groups is 1. The number of alkyl halides is 2. The standard InChI is InChI=1S/C19H18F2N2O3S2/c1-27-15-6-3-12(4-7-15)17-10-16(19(20)21)22-23(17)14-5-8-18(28(2,25)26)13(9-14)11-24/h3-10,19,24H,11H2,1-2H3. The average Bonchev–Trinajstić information content (AvgIpc) is 3.12. The Morgan fingerprint density at radius 1 is 1.14 bits per heavy atom. The predicted molar refractivity (Wildman–Crippen MR) is 105 cm³/mol. The highest BCUT2D eigenvalue weighted by molar-refractivity contribution is 7.98. The number of rotatable bonds is 6. The Hall–Kier alpha value is -2.23. The lowest BCUT2D eigenvalue weighted by molar-refractivity contribution is 0.145. The molecule has 2 aromatic carbocycles. The molecule has 0 saturated carbocycles. The Morgan fingerprint density at radius 2 is 1.82 bits per heavy atom. The van der Waals surface area contributed by atoms with E-state index in [0.717, 1.165) is 11.2 Å². The van der Waals surface area contributed by atoms with Crippen LogP contribution in [-0.4, -0.2) is 35.8 Å². The van der Waals surface area contributed by atoms with E-state index in [0.29, 0.717) is 16.9 Å². The fraction of sp³-hybridized carbons (Fsp3) is 0.211. The van der Waals surface area contributed by atoms with Crippen molar-refractivity contribution in [1.82, 2.24) is 9.78 Å². The molecule has 3 aromatic rings. The Morgan fingerprint density at radius 3 is 2.36 bits per heavy atom. The predicted octanol–water partition coefficient (Wildman–Crippen LogP) is 4.09. The molecular formula is C19H18F2N2O3S2. The lowest BCUT2D eigenvalue weighted by Crippen LogP contribution is -2.06. The zero-order chi connectivity index (χ0) is 20.5. The quantitative estimate of drug-likeness (QED) is 0.604. The van der Waals surface area contributed by atoms with Gasteiger partial charge in [0.15, 0.2) is 9.84 Å². The van der Waals surface area contributed by atoms with E-state index >= 15 is 0 Å². The molecule has 0 fully saturated rings. The van der Waals surface area contributed by atoms with Crippen molar-refractivity contribution in [1.29, 1.82) is 0 Å². The van der Waals surface area contributed by atoms with Crippen LogP contribution in [0.3, 0.4) is 0 Å². The zero-order valence-corrected chi connectivity index (χ0v) is 16.8. The first-order valence-electron chi connectivity index (χ1n) is 8.21. The summed E-state index contributed by atoms with van der Waals surface area (Å²) in [5.41, 5.74) is 1.31. The summed E-state index contributed by atoms with van der Waals surface area (Å²) in [5.74, 6) is 0. The van der Waals surface area contributed by atoms with Gasteiger partial charge < -0.3 is 5.11 Å². The van der Waals surface area contributed by atoms with Crippen LogP contribution in [-0.2, 0) is 16.4 Å². The number of sulfone groups is 1. The van der Waals surface area contributed by atoms with Crippen molar-refractivity contribution >= 4 is 21.6 Å². The van der Waals surface area contributed by atoms with Crippen molar-refractivity contribution in [2.75, 3.05) is 12.5 Å². The van der Waals surface area contributed by atoms with Gasteiger partial charge in [-0.1, -0.05) is 12.1 Å². The van der Waals surface area contributed by atoms with Gasteiger partial charge in [-0.15, -0.1) is 11.8 Å². The van der Waals surface area contributed by atoms with Crippen LogP contribution >= 0.6 is 11.8 Å². The second-order valence-corrected chi connectivity index (χ2v) is 8.98. The average molecular weight is 424 g/mol. The lowest BCUT2D eigenvalue weighted by Gasteiger charge is -2.12. The van der Waals surface area contributed by atoms with Crippen LogP contribution < -0.4 is 0 Å². The molecule has 0 radical (unpaired) electrons. The molecule has 148 valence electrons. The van der Waals surface area contributed by atoms with E-state index in [4.69, 9.17) is 0 Å². The van der Waals surface area contributed by atoms with Gasteiger partial charge in [0.1, 0.15) is 5.69 Å². The normalized spacial score (nSPS) is 11.9. The number of thioether (sulfide) groups is 1. The van der Waals surface area contributed by atoms with E-state index in [-0.39, 0.29) is 16.2 Å². The van der Waals surface area contributed by atoms with Crippen molar-refractivity contribution in [3.05, 3.63) is 59.8 Å². The van der Waals surface area contributed by atoms with Crippen LogP contribution in [0.15, 0.2) is 58.3 Å². The maximum absolute atomic E-state index is 13.3. The van der Waals surface area contributed by atoms with E-state index in [1.54, 1.807) is 11.8 Å². The van der Waals surface area contributed by atoms with Crippen LogP contribution in [0.2, 0.25) is 0 Å². The molecule has 0 aliphatic heterocycles. The minimum absolute atomic E-state index is 0.00846. The number of hydrogen-bond donors (Lipinski definition) is 1. The number of aromatic nitrogens is 2. The minimum Gasteiger partial charge on any atom is -0.392 e. The van der Waals surface area contributed by atoms with E-state index in [2.05, 4.69) is 5.10 Å².